The van der Waals surface area contributed by atoms with Crippen molar-refractivity contribution >= 4 is 28.9 Å². The number of amides is 1. The number of nitrogens with zero attached hydrogens (tertiary/aromatic N) is 2. The van der Waals surface area contributed by atoms with Crippen LogP contribution in [0.3, 0.4) is 0 Å². The molecule has 3 rings (SSSR count). The lowest BCUT2D eigenvalue weighted by Gasteiger charge is -2.08. The van der Waals surface area contributed by atoms with E-state index in [2.05, 4.69) is 10.5 Å². The summed E-state index contributed by atoms with van der Waals surface area (Å²) in [6.45, 7) is 3.66. The minimum absolute atomic E-state index is 0.00518. The topological polar surface area (TPSA) is 108 Å². The quantitative estimate of drug-likeness (QED) is 0.474. The number of hydrogen-bond donors (Lipinski definition) is 1. The van der Waals surface area contributed by atoms with E-state index in [4.69, 9.17) is 20.9 Å². The van der Waals surface area contributed by atoms with E-state index in [1.165, 1.54) is 12.1 Å². The molecule has 0 fully saturated rings. The number of rotatable bonds is 6. The van der Waals surface area contributed by atoms with E-state index >= 15 is 0 Å². The normalized spacial score (nSPS) is 10.5. The summed E-state index contributed by atoms with van der Waals surface area (Å²) in [6.07, 6.45) is 0. The fourth-order valence-corrected chi connectivity index (χ4v) is 2.71. The van der Waals surface area contributed by atoms with Gasteiger partial charge in [-0.1, -0.05) is 28.9 Å². The molecular weight excluding hydrogens is 386 g/mol. The van der Waals surface area contributed by atoms with Crippen LogP contribution in [0, 0.1) is 24.0 Å². The molecule has 2 aromatic carbocycles. The van der Waals surface area contributed by atoms with Gasteiger partial charge >= 0.3 is 0 Å². The van der Waals surface area contributed by atoms with Crippen molar-refractivity contribution in [1.29, 1.82) is 0 Å². The van der Waals surface area contributed by atoms with Gasteiger partial charge in [0, 0.05) is 11.1 Å². The third kappa shape index (κ3) is 4.29. The largest absolute Gasteiger partial charge is 0.489 e. The first-order chi connectivity index (χ1) is 13.3. The Morgan fingerprint density at radius 1 is 1.29 bits per heavy atom. The predicted molar refractivity (Wildman–Crippen MR) is 103 cm³/mol. The number of aromatic nitrogens is 1. The van der Waals surface area contributed by atoms with Crippen molar-refractivity contribution < 1.29 is 19.0 Å². The van der Waals surface area contributed by atoms with Crippen molar-refractivity contribution in [2.45, 2.75) is 20.5 Å². The highest BCUT2D eigenvalue weighted by Gasteiger charge is 2.23. The van der Waals surface area contributed by atoms with Crippen LogP contribution in [-0.4, -0.2) is 16.0 Å². The van der Waals surface area contributed by atoms with Crippen LogP contribution in [0.5, 0.6) is 5.75 Å². The SMILES string of the molecule is Cc1cccc(OCc2c(C(=O)Nc3ccc(Cl)cc3[N+](=O)[O-])noc2C)c1. The zero-order valence-corrected chi connectivity index (χ0v) is 15.8. The van der Waals surface area contributed by atoms with Gasteiger partial charge in [0.15, 0.2) is 5.69 Å². The summed E-state index contributed by atoms with van der Waals surface area (Å²) in [6, 6.07) is 11.4. The minimum atomic E-state index is -0.648. The molecule has 9 heteroatoms. The number of ether oxygens (including phenoxy) is 1. The Labute approximate surface area is 165 Å². The number of nitro benzene ring substituents is 1. The van der Waals surface area contributed by atoms with Gasteiger partial charge in [0.2, 0.25) is 0 Å². The van der Waals surface area contributed by atoms with Gasteiger partial charge in [0.05, 0.1) is 10.5 Å². The summed E-state index contributed by atoms with van der Waals surface area (Å²) >= 11 is 5.79. The Kier molecular flexibility index (Phi) is 5.60. The first kappa shape index (κ1) is 19.4. The van der Waals surface area contributed by atoms with Crippen molar-refractivity contribution in [3.8, 4) is 5.75 Å². The lowest BCUT2D eigenvalue weighted by molar-refractivity contribution is -0.383. The molecular formula is C19H16ClN3O5. The smallest absolute Gasteiger partial charge is 0.294 e. The maximum atomic E-state index is 12.6. The second-order valence-electron chi connectivity index (χ2n) is 6.04. The maximum absolute atomic E-state index is 12.6. The highest BCUT2D eigenvalue weighted by Crippen LogP contribution is 2.28. The average Bonchev–Trinajstić information content (AvgIpc) is 3.02. The number of carbonyl (C=O) groups excluding carboxylic acids is 1. The highest BCUT2D eigenvalue weighted by atomic mass is 35.5. The molecule has 3 aromatic rings. The van der Waals surface area contributed by atoms with E-state index < -0.39 is 10.8 Å². The fraction of sp³-hybridized carbons (Fsp3) is 0.158. The van der Waals surface area contributed by atoms with Crippen LogP contribution in [-0.2, 0) is 6.61 Å². The van der Waals surface area contributed by atoms with Crippen molar-refractivity contribution in [2.75, 3.05) is 5.32 Å². The van der Waals surface area contributed by atoms with Gasteiger partial charge in [-0.15, -0.1) is 0 Å². The van der Waals surface area contributed by atoms with E-state index in [0.717, 1.165) is 11.6 Å². The molecule has 0 atom stereocenters. The second kappa shape index (κ2) is 8.10. The van der Waals surface area contributed by atoms with Crippen molar-refractivity contribution in [2.24, 2.45) is 0 Å². The summed E-state index contributed by atoms with van der Waals surface area (Å²) in [5.74, 6) is 0.411. The molecule has 8 nitrogen and oxygen atoms in total. The number of carbonyl (C=O) groups is 1. The number of anilines is 1. The summed E-state index contributed by atoms with van der Waals surface area (Å²) in [5.41, 5.74) is 1.17. The van der Waals surface area contributed by atoms with Crippen LogP contribution in [0.4, 0.5) is 11.4 Å². The Hall–Kier alpha value is -3.39. The number of nitro groups is 1. The summed E-state index contributed by atoms with van der Waals surface area (Å²) < 4.78 is 10.8. The minimum Gasteiger partial charge on any atom is -0.489 e. The van der Waals surface area contributed by atoms with Crippen LogP contribution in [0.1, 0.15) is 27.4 Å². The highest BCUT2D eigenvalue weighted by molar-refractivity contribution is 6.31. The van der Waals surface area contributed by atoms with E-state index in [0.29, 0.717) is 17.1 Å². The molecule has 0 saturated heterocycles. The van der Waals surface area contributed by atoms with Crippen molar-refractivity contribution in [3.05, 3.63) is 80.2 Å². The molecule has 1 aromatic heterocycles. The predicted octanol–water partition coefficient (Wildman–Crippen LogP) is 4.68. The zero-order valence-electron chi connectivity index (χ0n) is 15.1. The molecule has 0 aliphatic heterocycles. The first-order valence-electron chi connectivity index (χ1n) is 8.25. The van der Waals surface area contributed by atoms with Gasteiger partial charge in [-0.05, 0) is 43.7 Å². The van der Waals surface area contributed by atoms with Gasteiger partial charge in [-0.25, -0.2) is 0 Å². The first-order valence-corrected chi connectivity index (χ1v) is 8.63. The van der Waals surface area contributed by atoms with Gasteiger partial charge in [0.1, 0.15) is 23.8 Å². The molecule has 0 aliphatic rings. The van der Waals surface area contributed by atoms with Crippen LogP contribution in [0.15, 0.2) is 47.0 Å². The Morgan fingerprint density at radius 3 is 2.79 bits per heavy atom. The molecule has 0 bridgehead atoms. The number of aryl methyl sites for hydroxylation is 2. The third-order valence-electron chi connectivity index (χ3n) is 3.98. The van der Waals surface area contributed by atoms with Gasteiger partial charge in [-0.3, -0.25) is 14.9 Å². The number of nitrogens with one attached hydrogen (secondary N) is 1. The van der Waals surface area contributed by atoms with Crippen LogP contribution in [0.2, 0.25) is 5.02 Å². The standard InChI is InChI=1S/C19H16ClN3O5/c1-11-4-3-5-14(8-11)27-10-15-12(2)28-22-18(15)19(24)21-16-7-6-13(20)9-17(16)23(25)26/h3-9H,10H2,1-2H3,(H,21,24). The number of halogens is 1. The van der Waals surface area contributed by atoms with E-state index in [1.54, 1.807) is 13.0 Å². The fourth-order valence-electron chi connectivity index (χ4n) is 2.54. The number of hydrogen-bond acceptors (Lipinski definition) is 6. The van der Waals surface area contributed by atoms with Gasteiger partial charge in [-0.2, -0.15) is 0 Å². The lowest BCUT2D eigenvalue weighted by atomic mass is 10.2. The Balaban J connectivity index is 1.81. The average molecular weight is 402 g/mol. The molecule has 1 heterocycles. The Morgan fingerprint density at radius 2 is 2.07 bits per heavy atom. The lowest BCUT2D eigenvalue weighted by Crippen LogP contribution is -2.16. The molecule has 0 unspecified atom stereocenters. The van der Waals surface area contributed by atoms with Crippen molar-refractivity contribution in [1.82, 2.24) is 5.16 Å². The zero-order chi connectivity index (χ0) is 20.3. The summed E-state index contributed by atoms with van der Waals surface area (Å²) in [5, 5.41) is 17.6. The summed E-state index contributed by atoms with van der Waals surface area (Å²) in [4.78, 5) is 23.2. The third-order valence-corrected chi connectivity index (χ3v) is 4.21. The molecule has 0 radical (unpaired) electrons. The summed E-state index contributed by atoms with van der Waals surface area (Å²) in [7, 11) is 0. The molecule has 0 spiro atoms. The maximum Gasteiger partial charge on any atom is 0.294 e. The molecule has 0 saturated carbocycles. The van der Waals surface area contributed by atoms with Crippen LogP contribution in [0.25, 0.3) is 0 Å². The molecule has 28 heavy (non-hydrogen) atoms. The molecule has 0 aliphatic carbocycles. The molecule has 144 valence electrons. The van der Waals surface area contributed by atoms with E-state index in [-0.39, 0.29) is 28.7 Å². The van der Waals surface area contributed by atoms with Crippen LogP contribution >= 0.6 is 11.6 Å². The van der Waals surface area contributed by atoms with Gasteiger partial charge in [0.25, 0.3) is 11.6 Å². The molecule has 1 N–H and O–H groups in total. The van der Waals surface area contributed by atoms with Crippen molar-refractivity contribution in [3.63, 3.8) is 0 Å². The van der Waals surface area contributed by atoms with Crippen LogP contribution < -0.4 is 10.1 Å². The van der Waals surface area contributed by atoms with E-state index in [1.807, 2.05) is 25.1 Å². The monoisotopic (exact) mass is 401 g/mol. The number of benzene rings is 2. The molecule has 1 amide bonds. The van der Waals surface area contributed by atoms with Gasteiger partial charge < -0.3 is 14.6 Å². The van der Waals surface area contributed by atoms with E-state index in [9.17, 15) is 14.9 Å². The second-order valence-corrected chi connectivity index (χ2v) is 6.48. The Bertz CT molecular complexity index is 1050.